The van der Waals surface area contributed by atoms with Gasteiger partial charge in [0.2, 0.25) is 11.8 Å². The second kappa shape index (κ2) is 16.1. The van der Waals surface area contributed by atoms with Crippen LogP contribution in [0.1, 0.15) is 56.9 Å². The number of halogens is 1. The average Bonchev–Trinajstić information content (AvgIpc) is 3.38. The van der Waals surface area contributed by atoms with E-state index in [1.807, 2.05) is 0 Å². The molecule has 1 unspecified atom stereocenters. The van der Waals surface area contributed by atoms with E-state index in [1.54, 1.807) is 17.0 Å². The maximum atomic E-state index is 14.8. The Bertz CT molecular complexity index is 913. The molecule has 1 aromatic carbocycles. The van der Waals surface area contributed by atoms with Crippen LogP contribution in [-0.4, -0.2) is 92.7 Å². The number of hydrogen-bond acceptors (Lipinski definition) is 7. The number of carbonyl (C=O) groups is 2. The number of methoxy groups -OCH3 is 1. The molecule has 220 valence electrons. The number of aliphatic hydroxyl groups excluding tert-OH is 2. The third-order valence-electron chi connectivity index (χ3n) is 7.92. The molecule has 0 bridgehead atoms. The van der Waals surface area contributed by atoms with Crippen LogP contribution in [0.25, 0.3) is 0 Å². The van der Waals surface area contributed by atoms with Crippen molar-refractivity contribution in [3.63, 3.8) is 0 Å². The number of likely N-dealkylation sites (tertiary alicyclic amines) is 1. The van der Waals surface area contributed by atoms with Gasteiger partial charge in [0.25, 0.3) is 0 Å². The van der Waals surface area contributed by atoms with Gasteiger partial charge in [0, 0.05) is 32.8 Å². The molecule has 0 radical (unpaired) electrons. The largest absolute Gasteiger partial charge is 0.493 e. The van der Waals surface area contributed by atoms with E-state index in [1.165, 1.54) is 26.0 Å². The summed E-state index contributed by atoms with van der Waals surface area (Å²) in [5, 5.41) is 24.6. The molecule has 2 aliphatic rings. The van der Waals surface area contributed by atoms with Crippen molar-refractivity contribution in [3.05, 3.63) is 29.6 Å². The van der Waals surface area contributed by atoms with E-state index >= 15 is 0 Å². The van der Waals surface area contributed by atoms with E-state index in [-0.39, 0.29) is 38.0 Å². The molecule has 2 fully saturated rings. The summed E-state index contributed by atoms with van der Waals surface area (Å²) in [6.45, 7) is 3.67. The zero-order valence-electron chi connectivity index (χ0n) is 23.3. The van der Waals surface area contributed by atoms with Crippen LogP contribution in [0, 0.1) is 17.2 Å². The Hall–Kier alpha value is -2.27. The molecule has 3 rings (SSSR count). The molecule has 9 nitrogen and oxygen atoms in total. The highest BCUT2D eigenvalue weighted by Crippen LogP contribution is 2.32. The zero-order valence-corrected chi connectivity index (χ0v) is 23.3. The molecule has 2 atom stereocenters. The Kier molecular flexibility index (Phi) is 12.9. The Morgan fingerprint density at radius 3 is 2.77 bits per heavy atom. The third-order valence-corrected chi connectivity index (χ3v) is 7.92. The van der Waals surface area contributed by atoms with Crippen LogP contribution >= 0.6 is 0 Å². The first-order valence-corrected chi connectivity index (χ1v) is 14.3. The summed E-state index contributed by atoms with van der Waals surface area (Å²) in [6.07, 6.45) is 5.91. The molecule has 0 spiro atoms. The summed E-state index contributed by atoms with van der Waals surface area (Å²) >= 11 is 0. The van der Waals surface area contributed by atoms with Gasteiger partial charge in [-0.3, -0.25) is 9.59 Å². The lowest BCUT2D eigenvalue weighted by atomic mass is 9.87. The number of carbonyl (C=O) groups excluding carboxylic acids is 2. The monoisotopic (exact) mass is 551 g/mol. The van der Waals surface area contributed by atoms with Crippen LogP contribution in [0.4, 0.5) is 4.39 Å². The number of amides is 2. The summed E-state index contributed by atoms with van der Waals surface area (Å²) in [5.74, 6) is 0.336. The van der Waals surface area contributed by atoms with E-state index < -0.39 is 17.3 Å². The predicted octanol–water partition coefficient (Wildman–Crippen LogP) is 2.03. The number of nitrogens with one attached hydrogen (secondary N) is 2. The molecule has 2 amide bonds. The van der Waals surface area contributed by atoms with Gasteiger partial charge in [-0.05, 0) is 82.0 Å². The van der Waals surface area contributed by atoms with Crippen molar-refractivity contribution in [2.24, 2.45) is 11.3 Å². The highest BCUT2D eigenvalue weighted by molar-refractivity contribution is 5.86. The Balaban J connectivity index is 1.44. The summed E-state index contributed by atoms with van der Waals surface area (Å²) < 4.78 is 25.9. The minimum Gasteiger partial charge on any atom is -0.493 e. The van der Waals surface area contributed by atoms with Gasteiger partial charge in [0.1, 0.15) is 11.6 Å². The standard InChI is InChI=1S/C29H46FN3O6/c1-38-21-29(28(37)32-12-3-2-6-24(35)19-34)11-15-33(20-29)27(36)17-23-7-8-25(18-26(23)30)39-16-4-5-22-9-13-31-14-10-22/h7-8,18,22,24,31,34-35H,2-6,9-17,19-21H2,1H3,(H,32,37)/t24-,29?/m0/s1. The van der Waals surface area contributed by atoms with Gasteiger partial charge < -0.3 is 35.2 Å². The van der Waals surface area contributed by atoms with E-state index in [0.29, 0.717) is 56.7 Å². The molecule has 0 saturated carbocycles. The lowest BCUT2D eigenvalue weighted by molar-refractivity contribution is -0.135. The second-order valence-corrected chi connectivity index (χ2v) is 11.0. The summed E-state index contributed by atoms with van der Waals surface area (Å²) in [7, 11) is 1.53. The van der Waals surface area contributed by atoms with E-state index in [9.17, 15) is 19.1 Å². The molecule has 2 saturated heterocycles. The minimum atomic E-state index is -0.848. The lowest BCUT2D eigenvalue weighted by Crippen LogP contribution is -2.47. The normalized spacial score (nSPS) is 20.7. The van der Waals surface area contributed by atoms with Gasteiger partial charge in [-0.25, -0.2) is 4.39 Å². The third kappa shape index (κ3) is 9.70. The molecule has 39 heavy (non-hydrogen) atoms. The highest BCUT2D eigenvalue weighted by Gasteiger charge is 2.46. The molecule has 0 aliphatic carbocycles. The van der Waals surface area contributed by atoms with Crippen LogP contribution in [0.5, 0.6) is 5.75 Å². The van der Waals surface area contributed by atoms with Crippen LogP contribution in [0.15, 0.2) is 18.2 Å². The van der Waals surface area contributed by atoms with E-state index in [0.717, 1.165) is 31.8 Å². The zero-order chi connectivity index (χ0) is 28.1. The number of aliphatic hydroxyl groups is 2. The first-order valence-electron chi connectivity index (χ1n) is 14.3. The molecule has 1 aromatic rings. The van der Waals surface area contributed by atoms with Crippen molar-refractivity contribution >= 4 is 11.8 Å². The van der Waals surface area contributed by atoms with Gasteiger partial charge in [-0.15, -0.1) is 0 Å². The van der Waals surface area contributed by atoms with Crippen molar-refractivity contribution in [1.82, 2.24) is 15.5 Å². The first-order chi connectivity index (χ1) is 18.9. The van der Waals surface area contributed by atoms with Crippen LogP contribution < -0.4 is 15.4 Å². The fraction of sp³-hybridized carbons (Fsp3) is 0.724. The molecular formula is C29H46FN3O6. The number of hydrogen-bond donors (Lipinski definition) is 4. The topological polar surface area (TPSA) is 120 Å². The number of nitrogens with zero attached hydrogens (tertiary/aromatic N) is 1. The Morgan fingerprint density at radius 2 is 2.05 bits per heavy atom. The SMILES string of the molecule is COCC1(C(=O)NCCCC[C@H](O)CO)CCN(C(=O)Cc2ccc(OCCCC3CCNCC3)cc2F)C1. The maximum Gasteiger partial charge on any atom is 0.230 e. The van der Waals surface area contributed by atoms with Crippen LogP contribution in [0.2, 0.25) is 0 Å². The molecule has 0 aromatic heterocycles. The van der Waals surface area contributed by atoms with Crippen molar-refractivity contribution in [3.8, 4) is 5.75 Å². The molecule has 10 heteroatoms. The van der Waals surface area contributed by atoms with Gasteiger partial charge in [0.05, 0.1) is 37.8 Å². The number of benzene rings is 1. The number of piperidine rings is 1. The van der Waals surface area contributed by atoms with Gasteiger partial charge >= 0.3 is 0 Å². The van der Waals surface area contributed by atoms with Crippen molar-refractivity contribution in [2.45, 2.75) is 63.9 Å². The second-order valence-electron chi connectivity index (χ2n) is 11.0. The maximum absolute atomic E-state index is 14.8. The summed E-state index contributed by atoms with van der Waals surface area (Å²) in [6, 6.07) is 4.66. The van der Waals surface area contributed by atoms with Gasteiger partial charge in [-0.2, -0.15) is 0 Å². The van der Waals surface area contributed by atoms with E-state index in [2.05, 4.69) is 10.6 Å². The van der Waals surface area contributed by atoms with Crippen LogP contribution in [0.3, 0.4) is 0 Å². The first kappa shape index (κ1) is 31.3. The van der Waals surface area contributed by atoms with Crippen molar-refractivity contribution in [1.29, 1.82) is 0 Å². The van der Waals surface area contributed by atoms with Crippen molar-refractivity contribution in [2.75, 3.05) is 59.7 Å². The van der Waals surface area contributed by atoms with Crippen LogP contribution in [-0.2, 0) is 20.7 Å². The highest BCUT2D eigenvalue weighted by atomic mass is 19.1. The molecule has 2 aliphatic heterocycles. The average molecular weight is 552 g/mol. The van der Waals surface area contributed by atoms with Gasteiger partial charge in [-0.1, -0.05) is 6.07 Å². The quantitative estimate of drug-likeness (QED) is 0.232. The molecule has 4 N–H and O–H groups in total. The summed E-state index contributed by atoms with van der Waals surface area (Å²) in [5.41, 5.74) is -0.542. The fourth-order valence-corrected chi connectivity index (χ4v) is 5.48. The van der Waals surface area contributed by atoms with Crippen molar-refractivity contribution < 1.29 is 33.7 Å². The minimum absolute atomic E-state index is 0.0836. The Labute approximate surface area is 231 Å². The Morgan fingerprint density at radius 1 is 1.26 bits per heavy atom. The summed E-state index contributed by atoms with van der Waals surface area (Å²) in [4.78, 5) is 27.7. The fourth-order valence-electron chi connectivity index (χ4n) is 5.48. The number of ether oxygens (including phenoxy) is 2. The smallest absolute Gasteiger partial charge is 0.230 e. The number of rotatable bonds is 16. The van der Waals surface area contributed by atoms with E-state index in [4.69, 9.17) is 14.6 Å². The number of unbranched alkanes of at least 4 members (excludes halogenated alkanes) is 1. The predicted molar refractivity (Wildman–Crippen MR) is 146 cm³/mol. The molecular weight excluding hydrogens is 505 g/mol. The van der Waals surface area contributed by atoms with Gasteiger partial charge in [0.15, 0.2) is 0 Å². The molecule has 2 heterocycles. The lowest BCUT2D eigenvalue weighted by Gasteiger charge is -2.27.